The fourth-order valence-corrected chi connectivity index (χ4v) is 2.26. The number of halogens is 3. The summed E-state index contributed by atoms with van der Waals surface area (Å²) in [6.45, 7) is 1.03. The van der Waals surface area contributed by atoms with Crippen LogP contribution in [0.5, 0.6) is 0 Å². The minimum Gasteiger partial charge on any atom is -0.306 e. The zero-order chi connectivity index (χ0) is 17.2. The number of hydrogen-bond donors (Lipinski definition) is 1. The molecule has 2 aromatic rings. The maximum absolute atomic E-state index is 12.6. The third-order valence-corrected chi connectivity index (χ3v) is 3.49. The van der Waals surface area contributed by atoms with Gasteiger partial charge in [0.15, 0.2) is 5.69 Å². The number of hydrogen-bond acceptors (Lipinski definition) is 3. The lowest BCUT2D eigenvalue weighted by Gasteiger charge is -2.25. The number of benzene rings is 1. The number of carbonyl (C=O) groups excluding carboxylic acids is 1. The Morgan fingerprint density at radius 2 is 1.92 bits per heavy atom. The van der Waals surface area contributed by atoms with Gasteiger partial charge >= 0.3 is 12.2 Å². The first-order chi connectivity index (χ1) is 11.4. The van der Waals surface area contributed by atoms with E-state index in [1.165, 1.54) is 11.3 Å². The normalized spacial score (nSPS) is 15.4. The van der Waals surface area contributed by atoms with Gasteiger partial charge in [-0.05, 0) is 43.2 Å². The first-order valence-corrected chi connectivity index (χ1v) is 7.38. The average molecular weight is 340 g/mol. The van der Waals surface area contributed by atoms with Gasteiger partial charge in [-0.2, -0.15) is 18.3 Å². The van der Waals surface area contributed by atoms with Crippen LogP contribution in [-0.4, -0.2) is 34.0 Å². The molecule has 1 saturated heterocycles. The van der Waals surface area contributed by atoms with E-state index in [-0.39, 0.29) is 6.03 Å². The van der Waals surface area contributed by atoms with Crippen molar-refractivity contribution in [3.05, 3.63) is 42.2 Å². The summed E-state index contributed by atoms with van der Waals surface area (Å²) in [5.41, 5.74) is 0.0148. The molecule has 1 aromatic carbocycles. The van der Waals surface area contributed by atoms with Gasteiger partial charge in [0.1, 0.15) is 0 Å². The fourth-order valence-electron chi connectivity index (χ4n) is 2.26. The highest BCUT2D eigenvalue weighted by atomic mass is 19.4. The molecule has 1 aliphatic heterocycles. The summed E-state index contributed by atoms with van der Waals surface area (Å²) in [6, 6.07) is 6.85. The monoisotopic (exact) mass is 340 g/mol. The van der Waals surface area contributed by atoms with E-state index in [4.69, 9.17) is 4.84 Å². The van der Waals surface area contributed by atoms with E-state index in [2.05, 4.69) is 10.4 Å². The second kappa shape index (κ2) is 6.52. The van der Waals surface area contributed by atoms with Gasteiger partial charge in [-0.1, -0.05) is 0 Å². The SMILES string of the molecule is O=C(Nc1ccc(-n2ccc(C(F)(F)F)n2)cc1)N1CCCCO1. The molecule has 1 fully saturated rings. The predicted molar refractivity (Wildman–Crippen MR) is 79.5 cm³/mol. The Bertz CT molecular complexity index is 706. The van der Waals surface area contributed by atoms with Gasteiger partial charge < -0.3 is 5.32 Å². The number of rotatable bonds is 2. The Morgan fingerprint density at radius 3 is 2.50 bits per heavy atom. The Kier molecular flexibility index (Phi) is 4.43. The molecule has 9 heteroatoms. The first-order valence-electron chi connectivity index (χ1n) is 7.38. The zero-order valence-corrected chi connectivity index (χ0v) is 12.6. The van der Waals surface area contributed by atoms with Gasteiger partial charge in [0.25, 0.3) is 0 Å². The first kappa shape index (κ1) is 16.3. The summed E-state index contributed by atoms with van der Waals surface area (Å²) in [4.78, 5) is 17.2. The lowest BCUT2D eigenvalue weighted by Crippen LogP contribution is -2.38. The van der Waals surface area contributed by atoms with Crippen molar-refractivity contribution >= 4 is 11.7 Å². The summed E-state index contributed by atoms with van der Waals surface area (Å²) in [5.74, 6) is 0. The number of amides is 2. The molecule has 0 radical (unpaired) electrons. The van der Waals surface area contributed by atoms with Gasteiger partial charge in [-0.15, -0.1) is 0 Å². The van der Waals surface area contributed by atoms with E-state index in [9.17, 15) is 18.0 Å². The molecule has 1 N–H and O–H groups in total. The molecule has 0 saturated carbocycles. The summed E-state index contributed by atoms with van der Waals surface area (Å²) < 4.78 is 38.8. The Hall–Kier alpha value is -2.55. The van der Waals surface area contributed by atoms with Crippen molar-refractivity contribution in [1.29, 1.82) is 0 Å². The minimum absolute atomic E-state index is 0.374. The van der Waals surface area contributed by atoms with Crippen molar-refractivity contribution in [2.24, 2.45) is 0 Å². The van der Waals surface area contributed by atoms with Crippen LogP contribution in [0.3, 0.4) is 0 Å². The van der Waals surface area contributed by atoms with Crippen molar-refractivity contribution < 1.29 is 22.8 Å². The maximum Gasteiger partial charge on any atom is 0.435 e. The van der Waals surface area contributed by atoms with Crippen LogP contribution in [0.4, 0.5) is 23.7 Å². The molecule has 0 atom stereocenters. The summed E-state index contributed by atoms with van der Waals surface area (Å²) in [6.07, 6.45) is -1.44. The van der Waals surface area contributed by atoms with Gasteiger partial charge in [0, 0.05) is 11.9 Å². The highest BCUT2D eigenvalue weighted by Crippen LogP contribution is 2.28. The third kappa shape index (κ3) is 3.67. The van der Waals surface area contributed by atoms with Crippen LogP contribution in [0, 0.1) is 0 Å². The molecule has 2 heterocycles. The minimum atomic E-state index is -4.48. The smallest absolute Gasteiger partial charge is 0.306 e. The molecular formula is C15H15F3N4O2. The fraction of sp³-hybridized carbons (Fsp3) is 0.333. The number of nitrogens with zero attached hydrogens (tertiary/aromatic N) is 3. The molecule has 1 aliphatic rings. The van der Waals surface area contributed by atoms with Crippen LogP contribution >= 0.6 is 0 Å². The van der Waals surface area contributed by atoms with Crippen LogP contribution in [-0.2, 0) is 11.0 Å². The van der Waals surface area contributed by atoms with Crippen molar-refractivity contribution in [3.63, 3.8) is 0 Å². The second-order valence-corrected chi connectivity index (χ2v) is 5.26. The molecule has 3 rings (SSSR count). The van der Waals surface area contributed by atoms with Gasteiger partial charge in [0.05, 0.1) is 18.8 Å². The predicted octanol–water partition coefficient (Wildman–Crippen LogP) is 3.45. The molecule has 0 unspecified atom stereocenters. The maximum atomic E-state index is 12.6. The topological polar surface area (TPSA) is 59.4 Å². The molecule has 2 amide bonds. The van der Waals surface area contributed by atoms with E-state index >= 15 is 0 Å². The van der Waals surface area contributed by atoms with Crippen LogP contribution < -0.4 is 5.32 Å². The third-order valence-electron chi connectivity index (χ3n) is 3.49. The van der Waals surface area contributed by atoms with Crippen LogP contribution in [0.25, 0.3) is 5.69 Å². The number of urea groups is 1. The van der Waals surface area contributed by atoms with Crippen LogP contribution in [0.1, 0.15) is 18.5 Å². The molecule has 0 bridgehead atoms. The van der Waals surface area contributed by atoms with E-state index in [1.807, 2.05) is 0 Å². The molecule has 0 spiro atoms. The zero-order valence-electron chi connectivity index (χ0n) is 12.6. The largest absolute Gasteiger partial charge is 0.435 e. The second-order valence-electron chi connectivity index (χ2n) is 5.26. The Morgan fingerprint density at radius 1 is 1.17 bits per heavy atom. The van der Waals surface area contributed by atoms with Crippen molar-refractivity contribution in [1.82, 2.24) is 14.8 Å². The highest BCUT2D eigenvalue weighted by molar-refractivity contribution is 5.88. The van der Waals surface area contributed by atoms with Gasteiger partial charge in [-0.25, -0.2) is 14.5 Å². The van der Waals surface area contributed by atoms with Crippen molar-refractivity contribution in [2.75, 3.05) is 18.5 Å². The van der Waals surface area contributed by atoms with E-state index in [0.717, 1.165) is 23.6 Å². The standard InChI is InChI=1S/C15H15F3N4O2/c16-15(17,18)13-7-9-21(20-13)12-5-3-11(4-6-12)19-14(23)22-8-1-2-10-24-22/h3-7,9H,1-2,8,10H2,(H,19,23). The lowest BCUT2D eigenvalue weighted by atomic mass is 10.3. The number of alkyl halides is 3. The number of anilines is 1. The number of hydroxylamine groups is 2. The molecular weight excluding hydrogens is 325 g/mol. The Balaban J connectivity index is 1.67. The molecule has 0 aliphatic carbocycles. The summed E-state index contributed by atoms with van der Waals surface area (Å²) in [7, 11) is 0. The summed E-state index contributed by atoms with van der Waals surface area (Å²) in [5, 5.41) is 7.43. The number of nitrogens with one attached hydrogen (secondary N) is 1. The molecule has 128 valence electrons. The van der Waals surface area contributed by atoms with E-state index < -0.39 is 11.9 Å². The lowest BCUT2D eigenvalue weighted by molar-refractivity contribution is -0.141. The Labute approximate surface area is 135 Å². The van der Waals surface area contributed by atoms with E-state index in [0.29, 0.717) is 24.5 Å². The van der Waals surface area contributed by atoms with Gasteiger partial charge in [-0.3, -0.25) is 4.84 Å². The number of carbonyl (C=O) groups is 1. The van der Waals surface area contributed by atoms with Crippen molar-refractivity contribution in [3.8, 4) is 5.69 Å². The van der Waals surface area contributed by atoms with E-state index in [1.54, 1.807) is 24.3 Å². The number of aromatic nitrogens is 2. The molecule has 1 aromatic heterocycles. The highest BCUT2D eigenvalue weighted by Gasteiger charge is 2.33. The van der Waals surface area contributed by atoms with Gasteiger partial charge in [0.2, 0.25) is 0 Å². The molecule has 24 heavy (non-hydrogen) atoms. The van der Waals surface area contributed by atoms with Crippen LogP contribution in [0.15, 0.2) is 36.5 Å². The van der Waals surface area contributed by atoms with Crippen molar-refractivity contribution in [2.45, 2.75) is 19.0 Å². The quantitative estimate of drug-likeness (QED) is 0.911. The van der Waals surface area contributed by atoms with Crippen LogP contribution in [0.2, 0.25) is 0 Å². The summed E-state index contributed by atoms with van der Waals surface area (Å²) >= 11 is 0. The molecule has 6 nitrogen and oxygen atoms in total. The average Bonchev–Trinajstić information content (AvgIpc) is 3.07.